The number of amides is 3. The molecular weight excluding hydrogens is 267 g/mol. The number of rotatable bonds is 3. The number of imide groups is 1. The van der Waals surface area contributed by atoms with Crippen LogP contribution in [-0.4, -0.2) is 33.5 Å². The Labute approximate surface area is 114 Å². The maximum atomic E-state index is 13.5. The normalized spacial score (nSPS) is 17.2. The zero-order chi connectivity index (χ0) is 15.1. The molecule has 1 saturated heterocycles. The zero-order valence-electron chi connectivity index (χ0n) is 10.9. The van der Waals surface area contributed by atoms with Gasteiger partial charge in [0.25, 0.3) is 5.91 Å². The number of carboxylic acid groups (broad SMARTS) is 1. The van der Waals surface area contributed by atoms with Crippen molar-refractivity contribution in [2.75, 3.05) is 0 Å². The van der Waals surface area contributed by atoms with Gasteiger partial charge in [0, 0.05) is 0 Å². The number of nitrogens with one attached hydrogen (secondary N) is 1. The van der Waals surface area contributed by atoms with E-state index in [1.54, 1.807) is 13.8 Å². The van der Waals surface area contributed by atoms with E-state index in [4.69, 9.17) is 5.11 Å². The third kappa shape index (κ3) is 2.34. The van der Waals surface area contributed by atoms with Crippen LogP contribution in [0.5, 0.6) is 0 Å². The van der Waals surface area contributed by atoms with Gasteiger partial charge in [-0.3, -0.25) is 9.69 Å². The molecule has 1 heterocycles. The zero-order valence-corrected chi connectivity index (χ0v) is 10.9. The third-order valence-electron chi connectivity index (χ3n) is 3.05. The van der Waals surface area contributed by atoms with Crippen LogP contribution in [0.3, 0.4) is 0 Å². The highest BCUT2D eigenvalue weighted by molar-refractivity contribution is 6.06. The molecule has 1 aromatic rings. The van der Waals surface area contributed by atoms with Gasteiger partial charge in [-0.25, -0.2) is 14.0 Å². The molecule has 1 fully saturated rings. The highest BCUT2D eigenvalue weighted by atomic mass is 19.1. The van der Waals surface area contributed by atoms with Crippen LogP contribution in [0.15, 0.2) is 18.2 Å². The Bertz CT molecular complexity index is 612. The van der Waals surface area contributed by atoms with Gasteiger partial charge in [-0.05, 0) is 31.5 Å². The lowest BCUT2D eigenvalue weighted by Gasteiger charge is -2.16. The molecule has 1 aromatic carbocycles. The minimum atomic E-state index is -1.37. The van der Waals surface area contributed by atoms with Crippen molar-refractivity contribution in [3.63, 3.8) is 0 Å². The fraction of sp³-hybridized carbons (Fsp3) is 0.308. The molecule has 106 valence electrons. The van der Waals surface area contributed by atoms with Crippen molar-refractivity contribution in [3.05, 3.63) is 35.1 Å². The number of hydrogen-bond donors (Lipinski definition) is 2. The first-order chi connectivity index (χ1) is 9.22. The number of urea groups is 1. The summed E-state index contributed by atoms with van der Waals surface area (Å²) >= 11 is 0. The van der Waals surface area contributed by atoms with Gasteiger partial charge in [0.1, 0.15) is 11.4 Å². The number of aromatic carboxylic acids is 1. The van der Waals surface area contributed by atoms with Gasteiger partial charge in [-0.2, -0.15) is 0 Å². The summed E-state index contributed by atoms with van der Waals surface area (Å²) in [5.74, 6) is -2.68. The molecule has 0 saturated carbocycles. The van der Waals surface area contributed by atoms with Crippen LogP contribution in [0.25, 0.3) is 0 Å². The molecule has 6 nitrogen and oxygen atoms in total. The van der Waals surface area contributed by atoms with Crippen LogP contribution in [0.1, 0.15) is 29.8 Å². The molecule has 0 spiro atoms. The van der Waals surface area contributed by atoms with E-state index in [1.165, 1.54) is 6.07 Å². The first-order valence-electron chi connectivity index (χ1n) is 5.88. The second-order valence-corrected chi connectivity index (χ2v) is 5.07. The van der Waals surface area contributed by atoms with E-state index in [0.717, 1.165) is 17.0 Å². The summed E-state index contributed by atoms with van der Waals surface area (Å²) in [4.78, 5) is 35.3. The Morgan fingerprint density at radius 3 is 2.50 bits per heavy atom. The predicted octanol–water partition coefficient (Wildman–Crippen LogP) is 1.35. The molecule has 20 heavy (non-hydrogen) atoms. The molecule has 0 aromatic heterocycles. The standard InChI is InChI=1S/C13H13FN2O4/c1-13(2)11(19)16(12(20)15-13)6-7-3-4-8(10(17)18)9(14)5-7/h3-5H,6H2,1-2H3,(H,15,20)(H,17,18). The summed E-state index contributed by atoms with van der Waals surface area (Å²) in [5, 5.41) is 11.2. The van der Waals surface area contributed by atoms with Gasteiger partial charge in [0.15, 0.2) is 0 Å². The van der Waals surface area contributed by atoms with Crippen molar-refractivity contribution in [2.45, 2.75) is 25.9 Å². The van der Waals surface area contributed by atoms with Crippen molar-refractivity contribution < 1.29 is 23.9 Å². The number of nitrogens with zero attached hydrogens (tertiary/aromatic N) is 1. The molecule has 2 N–H and O–H groups in total. The molecule has 0 bridgehead atoms. The van der Waals surface area contributed by atoms with Gasteiger partial charge < -0.3 is 10.4 Å². The van der Waals surface area contributed by atoms with E-state index in [9.17, 15) is 18.8 Å². The molecule has 7 heteroatoms. The Hall–Kier alpha value is -2.44. The fourth-order valence-corrected chi connectivity index (χ4v) is 1.97. The Morgan fingerprint density at radius 2 is 2.05 bits per heavy atom. The lowest BCUT2D eigenvalue weighted by atomic mass is 10.1. The molecule has 1 aliphatic heterocycles. The summed E-state index contributed by atoms with van der Waals surface area (Å²) in [6.07, 6.45) is 0. The molecule has 0 aliphatic carbocycles. The predicted molar refractivity (Wildman–Crippen MR) is 66.5 cm³/mol. The maximum absolute atomic E-state index is 13.5. The summed E-state index contributed by atoms with van der Waals surface area (Å²) in [6, 6.07) is 2.94. The van der Waals surface area contributed by atoms with Gasteiger partial charge in [-0.1, -0.05) is 6.07 Å². The van der Waals surface area contributed by atoms with Crippen molar-refractivity contribution >= 4 is 17.9 Å². The van der Waals surface area contributed by atoms with Gasteiger partial charge in [0.2, 0.25) is 0 Å². The number of carboxylic acids is 1. The lowest BCUT2D eigenvalue weighted by molar-refractivity contribution is -0.130. The van der Waals surface area contributed by atoms with E-state index in [2.05, 4.69) is 5.32 Å². The number of carbonyl (C=O) groups is 3. The van der Waals surface area contributed by atoms with Crippen molar-refractivity contribution in [1.82, 2.24) is 10.2 Å². The van der Waals surface area contributed by atoms with E-state index >= 15 is 0 Å². The minimum Gasteiger partial charge on any atom is -0.478 e. The molecule has 1 aliphatic rings. The Balaban J connectivity index is 2.23. The van der Waals surface area contributed by atoms with Crippen LogP contribution >= 0.6 is 0 Å². The summed E-state index contributed by atoms with van der Waals surface area (Å²) in [5.41, 5.74) is -1.10. The van der Waals surface area contributed by atoms with Gasteiger partial charge in [-0.15, -0.1) is 0 Å². The average molecular weight is 280 g/mol. The van der Waals surface area contributed by atoms with Crippen LogP contribution in [0, 0.1) is 5.82 Å². The smallest absolute Gasteiger partial charge is 0.338 e. The number of halogens is 1. The maximum Gasteiger partial charge on any atom is 0.338 e. The summed E-state index contributed by atoms with van der Waals surface area (Å²) in [6.45, 7) is 3.04. The van der Waals surface area contributed by atoms with Crippen molar-refractivity contribution in [1.29, 1.82) is 0 Å². The van der Waals surface area contributed by atoms with Crippen LogP contribution < -0.4 is 5.32 Å². The van der Waals surface area contributed by atoms with Gasteiger partial charge >= 0.3 is 12.0 Å². The molecule has 0 radical (unpaired) electrons. The van der Waals surface area contributed by atoms with Gasteiger partial charge in [0.05, 0.1) is 12.1 Å². The largest absolute Gasteiger partial charge is 0.478 e. The topological polar surface area (TPSA) is 86.7 Å². The third-order valence-corrected chi connectivity index (χ3v) is 3.05. The molecular formula is C13H13FN2O4. The lowest BCUT2D eigenvalue weighted by Crippen LogP contribution is -2.40. The molecule has 0 unspecified atom stereocenters. The highest BCUT2D eigenvalue weighted by Crippen LogP contribution is 2.20. The second kappa shape index (κ2) is 4.59. The first-order valence-corrected chi connectivity index (χ1v) is 5.88. The number of hydrogen-bond acceptors (Lipinski definition) is 3. The van der Waals surface area contributed by atoms with Crippen LogP contribution in [0.2, 0.25) is 0 Å². The number of benzene rings is 1. The molecule has 3 amide bonds. The highest BCUT2D eigenvalue weighted by Gasteiger charge is 2.44. The minimum absolute atomic E-state index is 0.106. The van der Waals surface area contributed by atoms with E-state index in [1.807, 2.05) is 0 Å². The summed E-state index contributed by atoms with van der Waals surface area (Å²) in [7, 11) is 0. The quantitative estimate of drug-likeness (QED) is 0.818. The fourth-order valence-electron chi connectivity index (χ4n) is 1.97. The Morgan fingerprint density at radius 1 is 1.40 bits per heavy atom. The first kappa shape index (κ1) is 14.0. The average Bonchev–Trinajstić information content (AvgIpc) is 2.51. The SMILES string of the molecule is CC1(C)NC(=O)N(Cc2ccc(C(=O)O)c(F)c2)C1=O. The Kier molecular flexibility index (Phi) is 3.21. The second-order valence-electron chi connectivity index (χ2n) is 5.07. The van der Waals surface area contributed by atoms with E-state index in [0.29, 0.717) is 5.56 Å². The molecule has 0 atom stereocenters. The molecule has 2 rings (SSSR count). The van der Waals surface area contributed by atoms with E-state index < -0.39 is 34.8 Å². The summed E-state index contributed by atoms with van der Waals surface area (Å²) < 4.78 is 13.5. The van der Waals surface area contributed by atoms with Crippen LogP contribution in [-0.2, 0) is 11.3 Å². The monoisotopic (exact) mass is 280 g/mol. The van der Waals surface area contributed by atoms with Crippen molar-refractivity contribution in [3.8, 4) is 0 Å². The number of carbonyl (C=O) groups excluding carboxylic acids is 2. The van der Waals surface area contributed by atoms with Crippen LogP contribution in [0.4, 0.5) is 9.18 Å². The van der Waals surface area contributed by atoms with Crippen molar-refractivity contribution in [2.24, 2.45) is 0 Å². The van der Waals surface area contributed by atoms with E-state index in [-0.39, 0.29) is 6.54 Å².